The average Bonchev–Trinajstić information content (AvgIpc) is 3.01. The number of hydrogen-bond acceptors (Lipinski definition) is 11. The predicted octanol–water partition coefficient (Wildman–Crippen LogP) is -0.210. The molecule has 1 saturated heterocycles. The number of nitrogens with zero attached hydrogens (tertiary/aromatic N) is 3. The van der Waals surface area contributed by atoms with Crippen molar-refractivity contribution in [2.24, 2.45) is 5.92 Å². The normalized spacial score (nSPS) is 17.3. The van der Waals surface area contributed by atoms with E-state index in [4.69, 9.17) is 9.31 Å². The zero-order valence-corrected chi connectivity index (χ0v) is 28.5. The van der Waals surface area contributed by atoms with Crippen LogP contribution in [0, 0.1) is 5.92 Å². The number of aromatic nitrogens is 2. The Bertz CT molecular complexity index is 1420. The number of nitrogens with one attached hydrogen (secondary N) is 3. The number of hydrogen-bond donors (Lipinski definition) is 7. The second-order valence-corrected chi connectivity index (χ2v) is 15.1. The van der Waals surface area contributed by atoms with Crippen molar-refractivity contribution in [1.29, 1.82) is 0 Å². The topological polar surface area (TPSA) is 250 Å². The Morgan fingerprint density at radius 2 is 1.77 bits per heavy atom. The SMILES string of the molecule is CC(C)CC(NC(=O)[C@@H](Cc1ccccc1)NC(=O)c1cnccn1)B1OCCN(CCNC(=O)CC(O)([P+](=O)O)P(=O)(O)O)CCO1. The molecule has 1 aromatic heterocycles. The Kier molecular flexibility index (Phi) is 15.2. The summed E-state index contributed by atoms with van der Waals surface area (Å²) in [5.74, 6) is -2.38. The third-order valence-electron chi connectivity index (χ3n) is 7.38. The maximum atomic E-state index is 13.7. The smallest absolute Gasteiger partial charge is 0.408 e. The van der Waals surface area contributed by atoms with Gasteiger partial charge in [0, 0.05) is 58.2 Å². The van der Waals surface area contributed by atoms with Gasteiger partial charge in [-0.1, -0.05) is 44.2 Å². The summed E-state index contributed by atoms with van der Waals surface area (Å²) in [6.07, 6.45) is 3.63. The molecule has 4 atom stereocenters. The van der Waals surface area contributed by atoms with Gasteiger partial charge in [0.05, 0.1) is 12.1 Å². The molecule has 7 N–H and O–H groups in total. The maximum absolute atomic E-state index is 13.7. The molecule has 1 aromatic carbocycles. The fraction of sp³-hybridized carbons (Fsp3) is 0.536. The highest BCUT2D eigenvalue weighted by Crippen LogP contribution is 2.61. The molecule has 2 heterocycles. The summed E-state index contributed by atoms with van der Waals surface area (Å²) in [6, 6.07) is 8.32. The average molecular weight is 711 g/mol. The van der Waals surface area contributed by atoms with Gasteiger partial charge in [0.1, 0.15) is 18.2 Å². The first-order valence-electron chi connectivity index (χ1n) is 15.3. The van der Waals surface area contributed by atoms with Crippen molar-refractivity contribution in [3.8, 4) is 0 Å². The van der Waals surface area contributed by atoms with Crippen molar-refractivity contribution in [3.05, 3.63) is 60.2 Å². The molecular formula is C28H42BN6O11P2+. The lowest BCUT2D eigenvalue weighted by Crippen LogP contribution is -2.57. The van der Waals surface area contributed by atoms with Gasteiger partial charge in [-0.2, -0.15) is 4.89 Å². The molecule has 3 unspecified atom stereocenters. The van der Waals surface area contributed by atoms with Crippen LogP contribution in [0.2, 0.25) is 0 Å². The van der Waals surface area contributed by atoms with Crippen molar-refractivity contribution in [2.45, 2.75) is 50.2 Å². The van der Waals surface area contributed by atoms with E-state index in [0.717, 1.165) is 5.56 Å². The first-order valence-corrected chi connectivity index (χ1v) is 18.1. The Morgan fingerprint density at radius 1 is 1.10 bits per heavy atom. The summed E-state index contributed by atoms with van der Waals surface area (Å²) in [4.78, 5) is 76.3. The predicted molar refractivity (Wildman–Crippen MR) is 173 cm³/mol. The number of carbonyl (C=O) groups is 3. The van der Waals surface area contributed by atoms with Crippen molar-refractivity contribution < 1.29 is 52.6 Å². The Hall–Kier alpha value is -3.18. The Labute approximate surface area is 279 Å². The molecule has 1 fully saturated rings. The van der Waals surface area contributed by atoms with Crippen LogP contribution in [-0.4, -0.2) is 116 Å². The molecule has 3 rings (SSSR count). The van der Waals surface area contributed by atoms with Gasteiger partial charge in [0.2, 0.25) is 11.8 Å². The third kappa shape index (κ3) is 12.1. The van der Waals surface area contributed by atoms with E-state index in [0.29, 0.717) is 19.5 Å². The van der Waals surface area contributed by atoms with E-state index in [9.17, 15) is 43.3 Å². The van der Waals surface area contributed by atoms with Gasteiger partial charge in [0.15, 0.2) is 0 Å². The standard InChI is InChI=1S/C28H41BN6O11P2/c1-20(2)16-24(34-26(37)22(17-21-6-4-3-5-7-21)33-27(38)23-19-30-8-9-31-23)29-45-14-12-35(13-15-46-29)11-10-32-25(36)18-28(39,47(40)41)48(42,43)44/h3-9,19-20,22,24,39H,10-18H2,1-2H3,(H5-,32,33,34,36,37,38,40,41,42,43,44)/p+1/t22-,24?,28?/m1/s1. The first kappa shape index (κ1) is 39.3. The van der Waals surface area contributed by atoms with Crippen LogP contribution in [0.15, 0.2) is 48.9 Å². The van der Waals surface area contributed by atoms with Crippen LogP contribution in [0.1, 0.15) is 42.7 Å². The summed E-state index contributed by atoms with van der Waals surface area (Å²) in [7, 11) is -10.0. The maximum Gasteiger partial charge on any atom is 0.555 e. The number of aliphatic hydroxyl groups is 1. The first-order chi connectivity index (χ1) is 22.7. The summed E-state index contributed by atoms with van der Waals surface area (Å²) in [5, 5.41) is 14.7. The van der Waals surface area contributed by atoms with Gasteiger partial charge in [-0.05, 0) is 22.5 Å². The largest absolute Gasteiger partial charge is 0.555 e. The molecule has 48 heavy (non-hydrogen) atoms. The summed E-state index contributed by atoms with van der Waals surface area (Å²) < 4.78 is 34.9. The van der Waals surface area contributed by atoms with E-state index in [2.05, 4.69) is 25.9 Å². The minimum atomic E-state index is -5.47. The van der Waals surface area contributed by atoms with E-state index in [1.165, 1.54) is 18.6 Å². The molecule has 20 heteroatoms. The number of amides is 3. The van der Waals surface area contributed by atoms with Crippen LogP contribution < -0.4 is 16.0 Å². The van der Waals surface area contributed by atoms with Crippen molar-refractivity contribution in [3.63, 3.8) is 0 Å². The van der Waals surface area contributed by atoms with Gasteiger partial charge in [-0.25, -0.2) is 4.98 Å². The van der Waals surface area contributed by atoms with E-state index in [1.54, 1.807) is 0 Å². The minimum absolute atomic E-state index is 0.0107. The molecule has 2 aromatic rings. The monoisotopic (exact) mass is 711 g/mol. The second-order valence-electron chi connectivity index (χ2n) is 11.6. The lowest BCUT2D eigenvalue weighted by Gasteiger charge is -2.32. The number of carbonyl (C=O) groups excluding carboxylic acids is 3. The molecule has 0 aliphatic carbocycles. The lowest BCUT2D eigenvalue weighted by atomic mass is 9.73. The van der Waals surface area contributed by atoms with Crippen LogP contribution >= 0.6 is 15.6 Å². The third-order valence-corrected chi connectivity index (χ3v) is 10.5. The van der Waals surface area contributed by atoms with Crippen molar-refractivity contribution >= 4 is 40.5 Å². The minimum Gasteiger partial charge on any atom is -0.408 e. The van der Waals surface area contributed by atoms with Crippen LogP contribution in [0.25, 0.3) is 0 Å². The molecule has 3 amide bonds. The molecule has 0 saturated carbocycles. The number of benzene rings is 1. The summed E-state index contributed by atoms with van der Waals surface area (Å²) >= 11 is 0. The molecule has 17 nitrogen and oxygen atoms in total. The van der Waals surface area contributed by atoms with Gasteiger partial charge >= 0.3 is 27.8 Å². The number of rotatable bonds is 16. The fourth-order valence-electron chi connectivity index (χ4n) is 4.86. The van der Waals surface area contributed by atoms with Crippen molar-refractivity contribution in [2.75, 3.05) is 39.4 Å². The van der Waals surface area contributed by atoms with Gasteiger partial charge in [-0.3, -0.25) is 28.8 Å². The van der Waals surface area contributed by atoms with Gasteiger partial charge in [0.25, 0.3) is 5.91 Å². The fourth-order valence-corrected chi connectivity index (χ4v) is 6.38. The lowest BCUT2D eigenvalue weighted by molar-refractivity contribution is -0.124. The van der Waals surface area contributed by atoms with Gasteiger partial charge in [-0.15, -0.1) is 0 Å². The van der Waals surface area contributed by atoms with Crippen LogP contribution in [0.5, 0.6) is 0 Å². The Morgan fingerprint density at radius 3 is 2.33 bits per heavy atom. The Balaban J connectivity index is 1.58. The molecular weight excluding hydrogens is 669 g/mol. The highest BCUT2D eigenvalue weighted by atomic mass is 31.2. The summed E-state index contributed by atoms with van der Waals surface area (Å²) in [6.45, 7) is 5.50. The van der Waals surface area contributed by atoms with Crippen LogP contribution in [0.4, 0.5) is 0 Å². The zero-order valence-electron chi connectivity index (χ0n) is 26.7. The highest BCUT2D eigenvalue weighted by molar-refractivity contribution is 7.66. The van der Waals surface area contributed by atoms with Gasteiger partial charge < -0.3 is 40.2 Å². The molecule has 0 bridgehead atoms. The van der Waals surface area contributed by atoms with E-state index in [-0.39, 0.29) is 44.3 Å². The molecule has 0 radical (unpaired) electrons. The molecule has 262 valence electrons. The van der Waals surface area contributed by atoms with E-state index >= 15 is 0 Å². The molecule has 1 aliphatic heterocycles. The van der Waals surface area contributed by atoms with E-state index in [1.807, 2.05) is 49.1 Å². The van der Waals surface area contributed by atoms with Crippen LogP contribution in [0.3, 0.4) is 0 Å². The quantitative estimate of drug-likeness (QED) is 0.0880. The van der Waals surface area contributed by atoms with Crippen molar-refractivity contribution in [1.82, 2.24) is 30.8 Å². The highest BCUT2D eigenvalue weighted by Gasteiger charge is 2.64. The summed E-state index contributed by atoms with van der Waals surface area (Å²) in [5.41, 5.74) is 0.913. The molecule has 0 spiro atoms. The zero-order chi connectivity index (χ0) is 35.3. The molecule has 1 aliphatic rings. The second kappa shape index (κ2) is 18.5. The van der Waals surface area contributed by atoms with Crippen LogP contribution in [-0.2, 0) is 34.4 Å². The van der Waals surface area contributed by atoms with E-state index < -0.39 is 64.0 Å².